The zero-order chi connectivity index (χ0) is 20.0. The summed E-state index contributed by atoms with van der Waals surface area (Å²) >= 11 is 0. The highest BCUT2D eigenvalue weighted by atomic mass is 19.1. The van der Waals surface area contributed by atoms with Crippen LogP contribution in [0.25, 0.3) is 22.7 Å². The highest BCUT2D eigenvalue weighted by molar-refractivity contribution is 5.71. The molecule has 2 fully saturated rings. The molecule has 0 aliphatic carbocycles. The van der Waals surface area contributed by atoms with Crippen LogP contribution < -0.4 is 10.1 Å². The van der Waals surface area contributed by atoms with Crippen molar-refractivity contribution in [2.24, 2.45) is 0 Å². The van der Waals surface area contributed by atoms with Crippen molar-refractivity contribution in [3.63, 3.8) is 0 Å². The molecule has 10 heteroatoms. The zero-order valence-corrected chi connectivity index (χ0v) is 15.1. The first-order chi connectivity index (χ1) is 14.1. The molecule has 5 rings (SSSR count). The third kappa shape index (κ3) is 3.29. The lowest BCUT2D eigenvalue weighted by molar-refractivity contribution is 0.0422. The lowest BCUT2D eigenvalue weighted by Gasteiger charge is -2.32. The van der Waals surface area contributed by atoms with Gasteiger partial charge in [0.1, 0.15) is 17.7 Å². The van der Waals surface area contributed by atoms with Crippen LogP contribution in [-0.4, -0.2) is 49.9 Å². The van der Waals surface area contributed by atoms with Gasteiger partial charge in [0, 0.05) is 30.1 Å². The van der Waals surface area contributed by atoms with Crippen LogP contribution in [0.3, 0.4) is 0 Å². The van der Waals surface area contributed by atoms with Crippen LogP contribution in [0.15, 0.2) is 35.1 Å². The van der Waals surface area contributed by atoms with Gasteiger partial charge in [-0.25, -0.2) is 8.78 Å². The van der Waals surface area contributed by atoms with Gasteiger partial charge in [-0.05, 0) is 31.0 Å². The molecular formula is C19H17F2N5O3. The average molecular weight is 401 g/mol. The van der Waals surface area contributed by atoms with E-state index in [2.05, 4.69) is 25.7 Å². The molecule has 2 bridgehead atoms. The fourth-order valence-electron chi connectivity index (χ4n) is 3.97. The first-order valence-electron chi connectivity index (χ1n) is 9.28. The van der Waals surface area contributed by atoms with Gasteiger partial charge in [0.15, 0.2) is 6.17 Å². The van der Waals surface area contributed by atoms with Crippen molar-refractivity contribution in [2.45, 2.75) is 43.6 Å². The number of hydrogen-bond donors (Lipinski definition) is 2. The van der Waals surface area contributed by atoms with Crippen LogP contribution in [0.4, 0.5) is 8.78 Å². The molecule has 29 heavy (non-hydrogen) atoms. The van der Waals surface area contributed by atoms with Crippen molar-refractivity contribution in [2.75, 3.05) is 0 Å². The molecule has 2 saturated heterocycles. The molecule has 0 radical (unpaired) electrons. The van der Waals surface area contributed by atoms with Gasteiger partial charge in [-0.2, -0.15) is 0 Å². The normalized spacial score (nSPS) is 25.9. The summed E-state index contributed by atoms with van der Waals surface area (Å²) in [6, 6.07) is 5.45. The Morgan fingerprint density at radius 1 is 1.14 bits per heavy atom. The maximum absolute atomic E-state index is 14.5. The van der Waals surface area contributed by atoms with Crippen molar-refractivity contribution in [1.82, 2.24) is 25.7 Å². The summed E-state index contributed by atoms with van der Waals surface area (Å²) in [4.78, 5) is 0. The predicted octanol–water partition coefficient (Wildman–Crippen LogP) is 2.65. The lowest BCUT2D eigenvalue weighted by Crippen LogP contribution is -2.51. The minimum atomic E-state index is -1.11. The van der Waals surface area contributed by atoms with Crippen LogP contribution in [0.2, 0.25) is 0 Å². The van der Waals surface area contributed by atoms with E-state index in [0.717, 1.165) is 25.3 Å². The Balaban J connectivity index is 1.36. The van der Waals surface area contributed by atoms with E-state index in [1.807, 2.05) is 0 Å². The number of fused-ring (bicyclic) bond motifs is 2. The third-order valence-corrected chi connectivity index (χ3v) is 5.40. The van der Waals surface area contributed by atoms with Crippen LogP contribution in [0, 0.1) is 5.82 Å². The topological polar surface area (TPSA) is 106 Å². The summed E-state index contributed by atoms with van der Waals surface area (Å²) in [5, 5.41) is 28.6. The van der Waals surface area contributed by atoms with Gasteiger partial charge in [-0.15, -0.1) is 20.4 Å². The Bertz CT molecular complexity index is 1020. The second kappa shape index (κ2) is 7.03. The molecule has 0 unspecified atom stereocenters. The molecule has 1 aromatic carbocycles. The second-order valence-electron chi connectivity index (χ2n) is 7.23. The Hall–Kier alpha value is -3.14. The maximum Gasteiger partial charge on any atom is 0.250 e. The summed E-state index contributed by atoms with van der Waals surface area (Å²) in [5.41, 5.74) is 0.368. The summed E-state index contributed by atoms with van der Waals surface area (Å²) in [5.74, 6) is -0.739. The molecule has 3 aromatic rings. The van der Waals surface area contributed by atoms with Gasteiger partial charge in [0.25, 0.3) is 5.89 Å². The number of aromatic nitrogens is 4. The standard InChI is InChI=1S/C19H17F2N5O3/c20-12-6-11(15(27)7-10(12)19-26-22-8-28-19)13-3-4-17(25-24-13)29-16-5-9-1-2-14(23-9)18(16)21/h3-4,6-9,14,16,18,23,27H,1-2,5H2/t9-,14+,16-,18+/m0/s1. The highest BCUT2D eigenvalue weighted by Gasteiger charge is 2.43. The molecule has 0 saturated carbocycles. The monoisotopic (exact) mass is 401 g/mol. The third-order valence-electron chi connectivity index (χ3n) is 5.40. The summed E-state index contributed by atoms with van der Waals surface area (Å²) in [7, 11) is 0. The first-order valence-corrected chi connectivity index (χ1v) is 9.28. The largest absolute Gasteiger partial charge is 0.507 e. The van der Waals surface area contributed by atoms with Crippen LogP contribution in [-0.2, 0) is 0 Å². The van der Waals surface area contributed by atoms with E-state index in [0.29, 0.717) is 6.42 Å². The lowest BCUT2D eigenvalue weighted by atomic mass is 10.0. The van der Waals surface area contributed by atoms with E-state index in [1.54, 1.807) is 0 Å². The summed E-state index contributed by atoms with van der Waals surface area (Å²) in [6.45, 7) is 0. The van der Waals surface area contributed by atoms with Crippen molar-refractivity contribution in [3.8, 4) is 34.3 Å². The Labute approximate surface area is 163 Å². The quantitative estimate of drug-likeness (QED) is 0.687. The molecule has 0 amide bonds. The van der Waals surface area contributed by atoms with Gasteiger partial charge >= 0.3 is 0 Å². The number of aromatic hydroxyl groups is 1. The Morgan fingerprint density at radius 2 is 2.03 bits per heavy atom. The molecule has 2 aromatic heterocycles. The number of benzene rings is 1. The predicted molar refractivity (Wildman–Crippen MR) is 96.3 cm³/mol. The summed E-state index contributed by atoms with van der Waals surface area (Å²) in [6.07, 6.45) is 1.71. The van der Waals surface area contributed by atoms with E-state index in [4.69, 9.17) is 9.15 Å². The molecule has 4 atom stereocenters. The molecule has 2 aliphatic rings. The number of phenolic OH excluding ortho intramolecular Hbond substituents is 1. The van der Waals surface area contributed by atoms with E-state index >= 15 is 0 Å². The number of rotatable bonds is 4. The van der Waals surface area contributed by atoms with Crippen LogP contribution in [0.1, 0.15) is 19.3 Å². The van der Waals surface area contributed by atoms with E-state index in [9.17, 15) is 13.9 Å². The molecule has 0 spiro atoms. The zero-order valence-electron chi connectivity index (χ0n) is 15.1. The van der Waals surface area contributed by atoms with Crippen LogP contribution in [0.5, 0.6) is 11.6 Å². The fraction of sp³-hybridized carbons (Fsp3) is 0.368. The number of halogens is 2. The minimum Gasteiger partial charge on any atom is -0.507 e. The van der Waals surface area contributed by atoms with Crippen molar-refractivity contribution in [1.29, 1.82) is 0 Å². The van der Waals surface area contributed by atoms with Crippen molar-refractivity contribution in [3.05, 3.63) is 36.5 Å². The number of phenols is 1. The molecule has 2 N–H and O–H groups in total. The number of nitrogens with zero attached hydrogens (tertiary/aromatic N) is 4. The molecule has 2 aliphatic heterocycles. The number of alkyl halides is 1. The molecule has 150 valence electrons. The van der Waals surface area contributed by atoms with Gasteiger partial charge in [0.05, 0.1) is 11.3 Å². The van der Waals surface area contributed by atoms with Gasteiger partial charge in [-0.3, -0.25) is 0 Å². The van der Waals surface area contributed by atoms with E-state index in [-0.39, 0.29) is 46.4 Å². The summed E-state index contributed by atoms with van der Waals surface area (Å²) < 4.78 is 39.6. The Morgan fingerprint density at radius 3 is 2.79 bits per heavy atom. The van der Waals surface area contributed by atoms with Gasteiger partial charge in [0.2, 0.25) is 12.3 Å². The number of hydrogen-bond acceptors (Lipinski definition) is 8. The molecular weight excluding hydrogens is 384 g/mol. The average Bonchev–Trinajstić information content (AvgIpc) is 3.39. The molecule has 4 heterocycles. The van der Waals surface area contributed by atoms with Crippen molar-refractivity contribution >= 4 is 0 Å². The maximum atomic E-state index is 14.5. The van der Waals surface area contributed by atoms with Crippen LogP contribution >= 0.6 is 0 Å². The minimum absolute atomic E-state index is 0.0220. The number of piperidine rings is 1. The van der Waals surface area contributed by atoms with Gasteiger partial charge < -0.3 is 19.6 Å². The van der Waals surface area contributed by atoms with E-state index < -0.39 is 18.1 Å². The van der Waals surface area contributed by atoms with Gasteiger partial charge in [-0.1, -0.05) is 0 Å². The number of ether oxygens (including phenoxy) is 1. The smallest absolute Gasteiger partial charge is 0.250 e. The fourth-order valence-corrected chi connectivity index (χ4v) is 3.97. The number of nitrogens with one attached hydrogen (secondary N) is 1. The SMILES string of the molecule is Oc1cc(-c2nnco2)c(F)cc1-c1ccc(O[C@H]2C[C@@H]3CC[C@@H](N3)[C@H]2F)nn1. The first kappa shape index (κ1) is 17.9. The molecule has 8 nitrogen and oxygen atoms in total. The highest BCUT2D eigenvalue weighted by Crippen LogP contribution is 2.35. The van der Waals surface area contributed by atoms with Crippen molar-refractivity contribution < 1.29 is 23.0 Å². The van der Waals surface area contributed by atoms with E-state index in [1.165, 1.54) is 18.2 Å². The second-order valence-corrected chi connectivity index (χ2v) is 7.23. The Kier molecular flexibility index (Phi) is 4.35.